The molecular formula is C12H24N2O3S. The first-order valence-corrected chi connectivity index (χ1v) is 8.36. The van der Waals surface area contributed by atoms with Crippen LogP contribution in [0, 0.1) is 5.92 Å². The lowest BCUT2D eigenvalue weighted by atomic mass is 10.0. The standard InChI is InChI=1S/C12H24N2O3S/c1-5-18(16,17)7-6-14-10(4)13-11(12(14)15)8-9(2)3/h9-11,13H,5-8H2,1-4H3. The van der Waals surface area contributed by atoms with Gasteiger partial charge in [-0.25, -0.2) is 8.42 Å². The molecule has 6 heteroatoms. The second-order valence-electron chi connectivity index (χ2n) is 5.29. The highest BCUT2D eigenvalue weighted by Crippen LogP contribution is 2.16. The molecule has 1 aliphatic rings. The topological polar surface area (TPSA) is 66.5 Å². The number of carbonyl (C=O) groups is 1. The Bertz CT molecular complexity index is 392. The molecule has 1 amide bonds. The van der Waals surface area contributed by atoms with Crippen LogP contribution in [0.15, 0.2) is 0 Å². The fourth-order valence-electron chi connectivity index (χ4n) is 2.17. The number of hydrogen-bond donors (Lipinski definition) is 1. The van der Waals surface area contributed by atoms with E-state index in [2.05, 4.69) is 19.2 Å². The van der Waals surface area contributed by atoms with Gasteiger partial charge >= 0.3 is 0 Å². The van der Waals surface area contributed by atoms with Gasteiger partial charge in [0, 0.05) is 12.3 Å². The average Bonchev–Trinajstić information content (AvgIpc) is 2.51. The number of nitrogens with zero attached hydrogens (tertiary/aromatic N) is 1. The molecule has 0 aliphatic carbocycles. The summed E-state index contributed by atoms with van der Waals surface area (Å²) in [7, 11) is -3.02. The third-order valence-electron chi connectivity index (χ3n) is 3.28. The van der Waals surface area contributed by atoms with Crippen LogP contribution in [0.25, 0.3) is 0 Å². The summed E-state index contributed by atoms with van der Waals surface area (Å²) in [6.07, 6.45) is 0.716. The van der Waals surface area contributed by atoms with Crippen LogP contribution >= 0.6 is 0 Å². The van der Waals surface area contributed by atoms with Gasteiger partial charge in [0.15, 0.2) is 9.84 Å². The second-order valence-corrected chi connectivity index (χ2v) is 7.77. The Morgan fingerprint density at radius 2 is 2.00 bits per heavy atom. The molecular weight excluding hydrogens is 252 g/mol. The van der Waals surface area contributed by atoms with E-state index in [1.165, 1.54) is 0 Å². The van der Waals surface area contributed by atoms with Gasteiger partial charge in [0.05, 0.1) is 18.0 Å². The SMILES string of the molecule is CCS(=O)(=O)CCN1C(=O)C(CC(C)C)NC1C. The molecule has 1 aliphatic heterocycles. The normalized spacial score (nSPS) is 25.2. The van der Waals surface area contributed by atoms with E-state index in [1.807, 2.05) is 6.92 Å². The van der Waals surface area contributed by atoms with Crippen LogP contribution in [0.2, 0.25) is 0 Å². The highest BCUT2D eigenvalue weighted by molar-refractivity contribution is 7.91. The van der Waals surface area contributed by atoms with Crippen molar-refractivity contribution in [3.63, 3.8) is 0 Å². The molecule has 0 aromatic heterocycles. The fraction of sp³-hybridized carbons (Fsp3) is 0.917. The molecule has 18 heavy (non-hydrogen) atoms. The highest BCUT2D eigenvalue weighted by atomic mass is 32.2. The second kappa shape index (κ2) is 6.02. The molecule has 5 nitrogen and oxygen atoms in total. The Balaban J connectivity index is 2.59. The Hall–Kier alpha value is -0.620. The van der Waals surface area contributed by atoms with E-state index in [-0.39, 0.29) is 36.2 Å². The molecule has 0 spiro atoms. The van der Waals surface area contributed by atoms with Gasteiger partial charge < -0.3 is 4.90 Å². The van der Waals surface area contributed by atoms with Crippen LogP contribution in [-0.4, -0.2) is 49.5 Å². The van der Waals surface area contributed by atoms with E-state index >= 15 is 0 Å². The van der Waals surface area contributed by atoms with Gasteiger partial charge in [0.1, 0.15) is 0 Å². The lowest BCUT2D eigenvalue weighted by molar-refractivity contribution is -0.129. The minimum Gasteiger partial charge on any atom is -0.325 e. The molecule has 2 unspecified atom stereocenters. The largest absolute Gasteiger partial charge is 0.325 e. The van der Waals surface area contributed by atoms with Gasteiger partial charge in [0.2, 0.25) is 5.91 Å². The van der Waals surface area contributed by atoms with Crippen LogP contribution in [0.5, 0.6) is 0 Å². The number of sulfone groups is 1. The Labute approximate surface area is 110 Å². The number of nitrogens with one attached hydrogen (secondary N) is 1. The zero-order valence-electron chi connectivity index (χ0n) is 11.6. The summed E-state index contributed by atoms with van der Waals surface area (Å²) in [6.45, 7) is 7.96. The van der Waals surface area contributed by atoms with Crippen LogP contribution in [0.3, 0.4) is 0 Å². The van der Waals surface area contributed by atoms with Gasteiger partial charge in [-0.15, -0.1) is 0 Å². The molecule has 1 heterocycles. The van der Waals surface area contributed by atoms with Crippen molar-refractivity contribution in [3.05, 3.63) is 0 Å². The quantitative estimate of drug-likeness (QED) is 0.772. The molecule has 1 saturated heterocycles. The molecule has 1 fully saturated rings. The average molecular weight is 276 g/mol. The third kappa shape index (κ3) is 3.95. The molecule has 0 radical (unpaired) electrons. The van der Waals surface area contributed by atoms with Gasteiger partial charge in [0.25, 0.3) is 0 Å². The zero-order chi connectivity index (χ0) is 13.9. The van der Waals surface area contributed by atoms with E-state index in [0.29, 0.717) is 5.92 Å². The van der Waals surface area contributed by atoms with Crippen molar-refractivity contribution < 1.29 is 13.2 Å². The first-order chi connectivity index (χ1) is 8.26. The van der Waals surface area contributed by atoms with Crippen LogP contribution in [-0.2, 0) is 14.6 Å². The van der Waals surface area contributed by atoms with Crippen molar-refractivity contribution in [1.82, 2.24) is 10.2 Å². The van der Waals surface area contributed by atoms with Crippen LogP contribution < -0.4 is 5.32 Å². The first kappa shape index (κ1) is 15.4. The van der Waals surface area contributed by atoms with Gasteiger partial charge in [-0.3, -0.25) is 10.1 Å². The minimum atomic E-state index is -3.02. The van der Waals surface area contributed by atoms with E-state index in [0.717, 1.165) is 6.42 Å². The number of amides is 1. The summed E-state index contributed by atoms with van der Waals surface area (Å²) in [5, 5.41) is 3.22. The summed E-state index contributed by atoms with van der Waals surface area (Å²) >= 11 is 0. The van der Waals surface area contributed by atoms with Crippen LogP contribution in [0.1, 0.15) is 34.1 Å². The summed E-state index contributed by atoms with van der Waals surface area (Å²) in [5.74, 6) is 0.655. The van der Waals surface area contributed by atoms with Crippen molar-refractivity contribution in [2.24, 2.45) is 5.92 Å². The molecule has 1 rings (SSSR count). The van der Waals surface area contributed by atoms with Gasteiger partial charge in [-0.2, -0.15) is 0 Å². The number of rotatable bonds is 6. The Kier molecular flexibility index (Phi) is 5.16. The van der Waals surface area contributed by atoms with Gasteiger partial charge in [-0.1, -0.05) is 20.8 Å². The molecule has 106 valence electrons. The monoisotopic (exact) mass is 276 g/mol. The third-order valence-corrected chi connectivity index (χ3v) is 4.97. The summed E-state index contributed by atoms with van der Waals surface area (Å²) < 4.78 is 22.9. The predicted molar refractivity (Wildman–Crippen MR) is 71.9 cm³/mol. The van der Waals surface area contributed by atoms with Crippen molar-refractivity contribution in [2.45, 2.75) is 46.3 Å². The van der Waals surface area contributed by atoms with Crippen LogP contribution in [0.4, 0.5) is 0 Å². The van der Waals surface area contributed by atoms with E-state index < -0.39 is 9.84 Å². The lowest BCUT2D eigenvalue weighted by Gasteiger charge is -2.20. The fourth-order valence-corrected chi connectivity index (χ4v) is 2.93. The van der Waals surface area contributed by atoms with Gasteiger partial charge in [-0.05, 0) is 19.3 Å². The Morgan fingerprint density at radius 1 is 1.39 bits per heavy atom. The molecule has 1 N–H and O–H groups in total. The maximum absolute atomic E-state index is 12.1. The Morgan fingerprint density at radius 3 is 2.50 bits per heavy atom. The summed E-state index contributed by atoms with van der Waals surface area (Å²) in [6, 6.07) is -0.163. The van der Waals surface area contributed by atoms with E-state index in [4.69, 9.17) is 0 Å². The number of hydrogen-bond acceptors (Lipinski definition) is 4. The van der Waals surface area contributed by atoms with Crippen molar-refractivity contribution >= 4 is 15.7 Å². The summed E-state index contributed by atoms with van der Waals surface area (Å²) in [5.41, 5.74) is 0. The number of carbonyl (C=O) groups excluding carboxylic acids is 1. The minimum absolute atomic E-state index is 0.0301. The highest BCUT2D eigenvalue weighted by Gasteiger charge is 2.36. The maximum Gasteiger partial charge on any atom is 0.241 e. The maximum atomic E-state index is 12.1. The zero-order valence-corrected chi connectivity index (χ0v) is 12.5. The van der Waals surface area contributed by atoms with E-state index in [9.17, 15) is 13.2 Å². The summed E-state index contributed by atoms with van der Waals surface area (Å²) in [4.78, 5) is 13.8. The van der Waals surface area contributed by atoms with Crippen molar-refractivity contribution in [3.8, 4) is 0 Å². The predicted octanol–water partition coefficient (Wildman–Crippen LogP) is 0.614. The van der Waals surface area contributed by atoms with E-state index in [1.54, 1.807) is 11.8 Å². The molecule has 0 aromatic carbocycles. The molecule has 0 bridgehead atoms. The smallest absolute Gasteiger partial charge is 0.241 e. The molecule has 0 saturated carbocycles. The first-order valence-electron chi connectivity index (χ1n) is 6.53. The molecule has 2 atom stereocenters. The van der Waals surface area contributed by atoms with Crippen molar-refractivity contribution in [1.29, 1.82) is 0 Å². The van der Waals surface area contributed by atoms with Crippen molar-refractivity contribution in [2.75, 3.05) is 18.1 Å². The lowest BCUT2D eigenvalue weighted by Crippen LogP contribution is -2.38. The molecule has 0 aromatic rings.